The quantitative estimate of drug-likeness (QED) is 0.864. The fourth-order valence-corrected chi connectivity index (χ4v) is 4.56. The van der Waals surface area contributed by atoms with Crippen LogP contribution in [-0.2, 0) is 4.74 Å². The Balaban J connectivity index is 1.49. The molecule has 1 aliphatic carbocycles. The highest BCUT2D eigenvalue weighted by Crippen LogP contribution is 2.44. The van der Waals surface area contributed by atoms with E-state index in [1.165, 1.54) is 22.3 Å². The van der Waals surface area contributed by atoms with Gasteiger partial charge >= 0.3 is 6.09 Å². The summed E-state index contributed by atoms with van der Waals surface area (Å²) in [5.74, 6) is 0.0846. The van der Waals surface area contributed by atoms with Crippen molar-refractivity contribution in [2.24, 2.45) is 0 Å². The van der Waals surface area contributed by atoms with Gasteiger partial charge in [-0.2, -0.15) is 0 Å². The highest BCUT2D eigenvalue weighted by Gasteiger charge is 2.32. The van der Waals surface area contributed by atoms with Crippen molar-refractivity contribution in [2.45, 2.75) is 50.7 Å². The Morgan fingerprint density at radius 3 is 2.37 bits per heavy atom. The Bertz CT molecular complexity index is 771. The molecule has 4 heteroatoms. The molecule has 2 aromatic rings. The van der Waals surface area contributed by atoms with Gasteiger partial charge in [0.05, 0.1) is 6.10 Å². The lowest BCUT2D eigenvalue weighted by atomic mass is 9.97. The number of aliphatic hydroxyl groups excluding tert-OH is 1. The second-order valence-electron chi connectivity index (χ2n) is 7.73. The number of likely N-dealkylation sites (tertiary alicyclic amines) is 1. The molecule has 2 atom stereocenters. The average Bonchev–Trinajstić information content (AvgIpc) is 3.00. The third kappa shape index (κ3) is 3.59. The normalized spacial score (nSPS) is 20.1. The number of nitrogens with zero attached hydrogens (tertiary/aromatic N) is 1. The molecule has 0 radical (unpaired) electrons. The van der Waals surface area contributed by atoms with E-state index in [0.717, 1.165) is 19.3 Å². The SMILES string of the molecule is CC(O)CC1CCCCN1C(=O)OCC1c2ccccc2-c2ccccc21. The van der Waals surface area contributed by atoms with Crippen molar-refractivity contribution in [1.82, 2.24) is 4.90 Å². The molecule has 4 nitrogen and oxygen atoms in total. The maximum absolute atomic E-state index is 12.8. The van der Waals surface area contributed by atoms with Gasteiger partial charge in [0.25, 0.3) is 0 Å². The third-order valence-corrected chi connectivity index (χ3v) is 5.81. The van der Waals surface area contributed by atoms with Gasteiger partial charge < -0.3 is 14.7 Å². The van der Waals surface area contributed by atoms with Crippen LogP contribution >= 0.6 is 0 Å². The number of hydrogen-bond donors (Lipinski definition) is 1. The zero-order valence-electron chi connectivity index (χ0n) is 15.8. The molecule has 1 N–H and O–H groups in total. The lowest BCUT2D eigenvalue weighted by Gasteiger charge is -2.35. The Hall–Kier alpha value is -2.33. The number of ether oxygens (including phenoxy) is 1. The predicted octanol–water partition coefficient (Wildman–Crippen LogP) is 4.56. The molecule has 142 valence electrons. The first-order valence-electron chi connectivity index (χ1n) is 9.95. The minimum atomic E-state index is -0.406. The van der Waals surface area contributed by atoms with Crippen LogP contribution in [0.2, 0.25) is 0 Å². The van der Waals surface area contributed by atoms with Gasteiger partial charge in [-0.05, 0) is 54.9 Å². The summed E-state index contributed by atoms with van der Waals surface area (Å²) >= 11 is 0. The molecule has 2 aromatic carbocycles. The van der Waals surface area contributed by atoms with Crippen LogP contribution in [0.5, 0.6) is 0 Å². The Kier molecular flexibility index (Phi) is 5.17. The van der Waals surface area contributed by atoms with Crippen molar-refractivity contribution < 1.29 is 14.6 Å². The van der Waals surface area contributed by atoms with Crippen LogP contribution in [0.4, 0.5) is 4.79 Å². The van der Waals surface area contributed by atoms with E-state index in [2.05, 4.69) is 36.4 Å². The zero-order valence-corrected chi connectivity index (χ0v) is 15.8. The fourth-order valence-electron chi connectivity index (χ4n) is 4.56. The standard InChI is InChI=1S/C23H27NO3/c1-16(25)14-17-8-6-7-13-24(17)23(26)27-15-22-20-11-4-2-9-18(20)19-10-3-5-12-21(19)22/h2-5,9-12,16-17,22,25H,6-8,13-15H2,1H3. The van der Waals surface area contributed by atoms with E-state index < -0.39 is 6.10 Å². The molecule has 1 fully saturated rings. The van der Waals surface area contributed by atoms with E-state index in [1.54, 1.807) is 6.92 Å². The maximum Gasteiger partial charge on any atom is 0.410 e. The number of piperidine rings is 1. The largest absolute Gasteiger partial charge is 0.448 e. The summed E-state index contributed by atoms with van der Waals surface area (Å²) in [4.78, 5) is 14.6. The number of rotatable bonds is 4. The van der Waals surface area contributed by atoms with Crippen LogP contribution in [0, 0.1) is 0 Å². The average molecular weight is 365 g/mol. The van der Waals surface area contributed by atoms with Crippen molar-refractivity contribution >= 4 is 6.09 Å². The van der Waals surface area contributed by atoms with E-state index >= 15 is 0 Å². The Morgan fingerprint density at radius 1 is 1.11 bits per heavy atom. The van der Waals surface area contributed by atoms with Crippen molar-refractivity contribution in [3.63, 3.8) is 0 Å². The third-order valence-electron chi connectivity index (χ3n) is 5.81. The number of carbonyl (C=O) groups excluding carboxylic acids is 1. The monoisotopic (exact) mass is 365 g/mol. The summed E-state index contributed by atoms with van der Waals surface area (Å²) in [7, 11) is 0. The van der Waals surface area contributed by atoms with E-state index in [9.17, 15) is 9.90 Å². The smallest absolute Gasteiger partial charge is 0.410 e. The molecule has 1 aliphatic heterocycles. The molecule has 27 heavy (non-hydrogen) atoms. The van der Waals surface area contributed by atoms with E-state index in [0.29, 0.717) is 19.6 Å². The minimum absolute atomic E-state index is 0.0781. The molecular formula is C23H27NO3. The number of aliphatic hydroxyl groups is 1. The van der Waals surface area contributed by atoms with Crippen LogP contribution in [0.25, 0.3) is 11.1 Å². The van der Waals surface area contributed by atoms with Gasteiger partial charge in [0, 0.05) is 18.5 Å². The number of amides is 1. The summed E-state index contributed by atoms with van der Waals surface area (Å²) in [5.41, 5.74) is 4.93. The minimum Gasteiger partial charge on any atom is -0.448 e. The molecule has 2 aliphatic rings. The van der Waals surface area contributed by atoms with Crippen LogP contribution in [0.3, 0.4) is 0 Å². The Morgan fingerprint density at radius 2 is 1.74 bits per heavy atom. The van der Waals surface area contributed by atoms with Gasteiger partial charge in [0.15, 0.2) is 0 Å². The topological polar surface area (TPSA) is 49.8 Å². The van der Waals surface area contributed by atoms with Gasteiger partial charge in [-0.25, -0.2) is 4.79 Å². The number of benzene rings is 2. The van der Waals surface area contributed by atoms with E-state index in [4.69, 9.17) is 4.74 Å². The summed E-state index contributed by atoms with van der Waals surface area (Å²) < 4.78 is 5.80. The van der Waals surface area contributed by atoms with Crippen LogP contribution < -0.4 is 0 Å². The first-order chi connectivity index (χ1) is 13.1. The summed E-state index contributed by atoms with van der Waals surface area (Å²) in [6.07, 6.45) is 3.00. The summed E-state index contributed by atoms with van der Waals surface area (Å²) in [5, 5.41) is 9.75. The van der Waals surface area contributed by atoms with Gasteiger partial charge in [-0.15, -0.1) is 0 Å². The Labute approximate surface area is 160 Å². The number of carbonyl (C=O) groups is 1. The molecule has 0 spiro atoms. The highest BCUT2D eigenvalue weighted by molar-refractivity contribution is 5.79. The van der Waals surface area contributed by atoms with Crippen molar-refractivity contribution in [3.05, 3.63) is 59.7 Å². The van der Waals surface area contributed by atoms with E-state index in [1.807, 2.05) is 17.0 Å². The molecule has 0 bridgehead atoms. The second-order valence-corrected chi connectivity index (χ2v) is 7.73. The van der Waals surface area contributed by atoms with Gasteiger partial charge in [0.1, 0.15) is 6.61 Å². The molecular weight excluding hydrogens is 338 g/mol. The molecule has 1 heterocycles. The second kappa shape index (κ2) is 7.73. The van der Waals surface area contributed by atoms with Crippen LogP contribution in [-0.4, -0.2) is 41.4 Å². The fraction of sp³-hybridized carbons (Fsp3) is 0.435. The lowest BCUT2D eigenvalue weighted by molar-refractivity contribution is 0.0540. The molecule has 1 amide bonds. The van der Waals surface area contributed by atoms with Crippen LogP contribution in [0.1, 0.15) is 49.7 Å². The van der Waals surface area contributed by atoms with Crippen molar-refractivity contribution in [3.8, 4) is 11.1 Å². The van der Waals surface area contributed by atoms with Crippen molar-refractivity contribution in [1.29, 1.82) is 0 Å². The number of hydrogen-bond acceptors (Lipinski definition) is 3. The molecule has 0 aromatic heterocycles. The van der Waals surface area contributed by atoms with Gasteiger partial charge in [-0.3, -0.25) is 0 Å². The number of fused-ring (bicyclic) bond motifs is 3. The first-order valence-corrected chi connectivity index (χ1v) is 9.95. The van der Waals surface area contributed by atoms with Gasteiger partial charge in [-0.1, -0.05) is 48.5 Å². The molecule has 0 saturated carbocycles. The zero-order chi connectivity index (χ0) is 18.8. The predicted molar refractivity (Wildman–Crippen MR) is 106 cm³/mol. The molecule has 2 unspecified atom stereocenters. The van der Waals surface area contributed by atoms with Crippen LogP contribution in [0.15, 0.2) is 48.5 Å². The van der Waals surface area contributed by atoms with Crippen molar-refractivity contribution in [2.75, 3.05) is 13.2 Å². The van der Waals surface area contributed by atoms with E-state index in [-0.39, 0.29) is 18.1 Å². The summed E-state index contributed by atoms with van der Waals surface area (Å²) in [6, 6.07) is 16.8. The summed E-state index contributed by atoms with van der Waals surface area (Å²) in [6.45, 7) is 2.85. The molecule has 4 rings (SSSR count). The molecule has 1 saturated heterocycles. The maximum atomic E-state index is 12.8. The lowest BCUT2D eigenvalue weighted by Crippen LogP contribution is -2.45. The van der Waals surface area contributed by atoms with Gasteiger partial charge in [0.2, 0.25) is 0 Å². The first kappa shape index (κ1) is 18.1. The highest BCUT2D eigenvalue weighted by atomic mass is 16.6.